The molecule has 0 radical (unpaired) electrons. The zero-order valence-electron chi connectivity index (χ0n) is 16.5. The van der Waals surface area contributed by atoms with Crippen LogP contribution in [0, 0.1) is 0 Å². The van der Waals surface area contributed by atoms with E-state index < -0.39 is 0 Å². The van der Waals surface area contributed by atoms with Gasteiger partial charge in [-0.05, 0) is 40.7 Å². The number of hydrogen-bond acceptors (Lipinski definition) is 5. The molecule has 1 aliphatic heterocycles. The molecule has 0 spiro atoms. The minimum absolute atomic E-state index is 0.0127. The standard InChI is InChI=1S/C18H33N5O3/c1-18(2,3)20-16(25)12-22-7-9-23(10-8-22)17(26)13-21(4)11-15(24)19-14-5-6-14/h14H,5-13H2,1-4H3,(H,19,24)(H,20,25). The average Bonchev–Trinajstić information content (AvgIpc) is 3.29. The molecular formula is C18H33N5O3. The Bertz CT molecular complexity index is 519. The van der Waals surface area contributed by atoms with Crippen LogP contribution in [-0.4, -0.2) is 96.9 Å². The van der Waals surface area contributed by atoms with Crippen molar-refractivity contribution < 1.29 is 14.4 Å². The monoisotopic (exact) mass is 367 g/mol. The normalized spacial score (nSPS) is 18.7. The van der Waals surface area contributed by atoms with Gasteiger partial charge in [-0.1, -0.05) is 0 Å². The molecule has 2 aliphatic rings. The average molecular weight is 367 g/mol. The lowest BCUT2D eigenvalue weighted by atomic mass is 10.1. The van der Waals surface area contributed by atoms with Gasteiger partial charge in [0.1, 0.15) is 0 Å². The first-order valence-corrected chi connectivity index (χ1v) is 9.41. The highest BCUT2D eigenvalue weighted by Crippen LogP contribution is 2.18. The van der Waals surface area contributed by atoms with E-state index in [0.29, 0.717) is 38.8 Å². The molecule has 0 aromatic rings. The van der Waals surface area contributed by atoms with Crippen molar-refractivity contribution in [3.8, 4) is 0 Å². The first kappa shape index (κ1) is 20.6. The van der Waals surface area contributed by atoms with Crippen molar-refractivity contribution in [3.63, 3.8) is 0 Å². The van der Waals surface area contributed by atoms with Crippen molar-refractivity contribution in [1.29, 1.82) is 0 Å². The molecule has 3 amide bonds. The van der Waals surface area contributed by atoms with Crippen LogP contribution in [0.4, 0.5) is 0 Å². The maximum absolute atomic E-state index is 12.4. The van der Waals surface area contributed by atoms with Gasteiger partial charge in [-0.25, -0.2) is 0 Å². The number of nitrogens with zero attached hydrogens (tertiary/aromatic N) is 3. The van der Waals surface area contributed by atoms with Gasteiger partial charge in [-0.3, -0.25) is 24.2 Å². The van der Waals surface area contributed by atoms with Gasteiger partial charge in [0.2, 0.25) is 17.7 Å². The second kappa shape index (κ2) is 8.81. The Morgan fingerprint density at radius 2 is 1.62 bits per heavy atom. The molecule has 0 bridgehead atoms. The predicted octanol–water partition coefficient (Wildman–Crippen LogP) is -0.744. The highest BCUT2D eigenvalue weighted by atomic mass is 16.2. The largest absolute Gasteiger partial charge is 0.352 e. The molecule has 26 heavy (non-hydrogen) atoms. The van der Waals surface area contributed by atoms with Gasteiger partial charge in [0.15, 0.2) is 0 Å². The van der Waals surface area contributed by atoms with E-state index in [4.69, 9.17) is 0 Å². The fourth-order valence-corrected chi connectivity index (χ4v) is 2.95. The topological polar surface area (TPSA) is 85.0 Å². The SMILES string of the molecule is CN(CC(=O)NC1CC1)CC(=O)N1CCN(CC(=O)NC(C)(C)C)CC1. The van der Waals surface area contributed by atoms with E-state index in [1.165, 1.54) is 0 Å². The van der Waals surface area contributed by atoms with E-state index in [-0.39, 0.29) is 36.3 Å². The highest BCUT2D eigenvalue weighted by Gasteiger charge is 2.26. The van der Waals surface area contributed by atoms with E-state index in [9.17, 15) is 14.4 Å². The highest BCUT2D eigenvalue weighted by molar-refractivity contribution is 5.81. The van der Waals surface area contributed by atoms with Crippen molar-refractivity contribution in [2.45, 2.75) is 45.2 Å². The van der Waals surface area contributed by atoms with E-state index in [1.807, 2.05) is 25.7 Å². The quantitative estimate of drug-likeness (QED) is 0.619. The molecule has 2 N–H and O–H groups in total. The van der Waals surface area contributed by atoms with Gasteiger partial charge in [-0.15, -0.1) is 0 Å². The van der Waals surface area contributed by atoms with E-state index >= 15 is 0 Å². The summed E-state index contributed by atoms with van der Waals surface area (Å²) in [6.45, 7) is 9.34. The summed E-state index contributed by atoms with van der Waals surface area (Å²) in [6.07, 6.45) is 2.12. The molecular weight excluding hydrogens is 334 g/mol. The Hall–Kier alpha value is -1.67. The molecule has 1 saturated heterocycles. The van der Waals surface area contributed by atoms with Gasteiger partial charge < -0.3 is 15.5 Å². The second-order valence-corrected chi connectivity index (χ2v) is 8.47. The van der Waals surface area contributed by atoms with Crippen LogP contribution in [0.25, 0.3) is 0 Å². The van der Waals surface area contributed by atoms with Crippen LogP contribution in [0.15, 0.2) is 0 Å². The Balaban J connectivity index is 1.65. The summed E-state index contributed by atoms with van der Waals surface area (Å²) in [5, 5.41) is 5.88. The molecule has 2 fully saturated rings. The molecule has 8 heteroatoms. The third kappa shape index (κ3) is 7.70. The van der Waals surface area contributed by atoms with Gasteiger partial charge in [0, 0.05) is 37.8 Å². The van der Waals surface area contributed by atoms with E-state index in [2.05, 4.69) is 15.5 Å². The van der Waals surface area contributed by atoms with Crippen molar-refractivity contribution in [2.24, 2.45) is 0 Å². The number of amides is 3. The fourth-order valence-electron chi connectivity index (χ4n) is 2.95. The summed E-state index contributed by atoms with van der Waals surface area (Å²) in [5.74, 6) is 0.0293. The van der Waals surface area contributed by atoms with Crippen LogP contribution >= 0.6 is 0 Å². The van der Waals surface area contributed by atoms with Crippen LogP contribution in [0.2, 0.25) is 0 Å². The lowest BCUT2D eigenvalue weighted by molar-refractivity contribution is -0.134. The lowest BCUT2D eigenvalue weighted by Gasteiger charge is -2.35. The Morgan fingerprint density at radius 3 is 2.15 bits per heavy atom. The van der Waals surface area contributed by atoms with E-state index in [0.717, 1.165) is 12.8 Å². The maximum atomic E-state index is 12.4. The third-order valence-corrected chi connectivity index (χ3v) is 4.37. The van der Waals surface area contributed by atoms with Gasteiger partial charge in [0.05, 0.1) is 19.6 Å². The maximum Gasteiger partial charge on any atom is 0.236 e. The van der Waals surface area contributed by atoms with Crippen LogP contribution in [-0.2, 0) is 14.4 Å². The Morgan fingerprint density at radius 1 is 1.00 bits per heavy atom. The first-order valence-electron chi connectivity index (χ1n) is 9.41. The number of hydrogen-bond donors (Lipinski definition) is 2. The van der Waals surface area contributed by atoms with Gasteiger partial charge in [-0.2, -0.15) is 0 Å². The molecule has 0 atom stereocenters. The third-order valence-electron chi connectivity index (χ3n) is 4.37. The van der Waals surface area contributed by atoms with Crippen molar-refractivity contribution in [2.75, 3.05) is 52.9 Å². The molecule has 148 valence electrons. The minimum Gasteiger partial charge on any atom is -0.352 e. The van der Waals surface area contributed by atoms with Crippen LogP contribution < -0.4 is 10.6 Å². The van der Waals surface area contributed by atoms with E-state index in [1.54, 1.807) is 11.9 Å². The number of piperazine rings is 1. The minimum atomic E-state index is -0.231. The molecule has 0 aromatic carbocycles. The lowest BCUT2D eigenvalue weighted by Crippen LogP contribution is -2.54. The Kier molecular flexibility index (Phi) is 7.00. The molecule has 8 nitrogen and oxygen atoms in total. The van der Waals surface area contributed by atoms with Crippen LogP contribution in [0.3, 0.4) is 0 Å². The number of carbonyl (C=O) groups is 3. The first-order chi connectivity index (χ1) is 12.1. The summed E-state index contributed by atoms with van der Waals surface area (Å²) in [7, 11) is 1.79. The smallest absolute Gasteiger partial charge is 0.236 e. The Labute approximate surface area is 156 Å². The molecule has 1 aliphatic carbocycles. The van der Waals surface area contributed by atoms with Gasteiger partial charge in [0.25, 0.3) is 0 Å². The van der Waals surface area contributed by atoms with Gasteiger partial charge >= 0.3 is 0 Å². The summed E-state index contributed by atoms with van der Waals surface area (Å²) < 4.78 is 0. The molecule has 1 heterocycles. The fraction of sp³-hybridized carbons (Fsp3) is 0.833. The van der Waals surface area contributed by atoms with Crippen LogP contribution in [0.1, 0.15) is 33.6 Å². The number of rotatable bonds is 7. The summed E-state index contributed by atoms with van der Waals surface area (Å²) >= 11 is 0. The van der Waals surface area contributed by atoms with Crippen molar-refractivity contribution in [3.05, 3.63) is 0 Å². The molecule has 0 unspecified atom stereocenters. The van der Waals surface area contributed by atoms with Crippen LogP contribution in [0.5, 0.6) is 0 Å². The summed E-state index contributed by atoms with van der Waals surface area (Å²) in [4.78, 5) is 41.8. The molecule has 1 saturated carbocycles. The number of nitrogens with one attached hydrogen (secondary N) is 2. The predicted molar refractivity (Wildman–Crippen MR) is 99.6 cm³/mol. The molecule has 0 aromatic heterocycles. The zero-order chi connectivity index (χ0) is 19.3. The van der Waals surface area contributed by atoms with Crippen molar-refractivity contribution >= 4 is 17.7 Å². The number of carbonyl (C=O) groups excluding carboxylic acids is 3. The summed E-state index contributed by atoms with van der Waals surface area (Å²) in [6, 6.07) is 0.343. The second-order valence-electron chi connectivity index (χ2n) is 8.47. The zero-order valence-corrected chi connectivity index (χ0v) is 16.5. The molecule has 2 rings (SSSR count). The summed E-state index contributed by atoms with van der Waals surface area (Å²) in [5.41, 5.74) is -0.231. The van der Waals surface area contributed by atoms with Crippen molar-refractivity contribution in [1.82, 2.24) is 25.3 Å². The number of likely N-dealkylation sites (N-methyl/N-ethyl adjacent to an activating group) is 1.